The maximum absolute atomic E-state index is 5.56. The van der Waals surface area contributed by atoms with Gasteiger partial charge in [0.15, 0.2) is 15.8 Å². The van der Waals surface area contributed by atoms with Crippen LogP contribution in [0.2, 0.25) is 10.2 Å². The first-order chi connectivity index (χ1) is 5.11. The second kappa shape index (κ2) is 3.76. The van der Waals surface area contributed by atoms with E-state index in [1.165, 1.54) is 6.20 Å². The Kier molecular flexibility index (Phi) is 3.19. The molecule has 0 saturated heterocycles. The van der Waals surface area contributed by atoms with Crippen LogP contribution in [0.5, 0.6) is 0 Å². The molecule has 0 fully saturated rings. The highest BCUT2D eigenvalue weighted by Crippen LogP contribution is 2.24. The van der Waals surface area contributed by atoms with E-state index in [0.717, 1.165) is 0 Å². The molecule has 0 bridgehead atoms. The van der Waals surface area contributed by atoms with Crippen LogP contribution in [-0.2, 0) is 0 Å². The van der Waals surface area contributed by atoms with Crippen molar-refractivity contribution in [2.45, 2.75) is 4.84 Å². The third-order valence-electron chi connectivity index (χ3n) is 0.915. The Morgan fingerprint density at radius 1 is 1.27 bits per heavy atom. The van der Waals surface area contributed by atoms with E-state index in [1.54, 1.807) is 0 Å². The predicted molar refractivity (Wildman–Crippen MR) is 46.5 cm³/mol. The number of alkyl halides is 2. The quantitative estimate of drug-likeness (QED) is 0.548. The smallest absolute Gasteiger partial charge is 0.167 e. The van der Waals surface area contributed by atoms with Gasteiger partial charge < -0.3 is 0 Å². The predicted octanol–water partition coefficient (Wildman–Crippen LogP) is 3.26. The molecular formula is C5H2Cl4N2. The fourth-order valence-corrected chi connectivity index (χ4v) is 0.901. The van der Waals surface area contributed by atoms with Gasteiger partial charge >= 0.3 is 0 Å². The minimum Gasteiger partial charge on any atom is -0.237 e. The van der Waals surface area contributed by atoms with Crippen molar-refractivity contribution >= 4 is 46.4 Å². The molecule has 1 aromatic heterocycles. The molecular weight excluding hydrogens is 230 g/mol. The summed E-state index contributed by atoms with van der Waals surface area (Å²) in [5, 5.41) is 0.437. The average Bonchev–Trinajstić information content (AvgIpc) is 1.94. The minimum absolute atomic E-state index is 0.156. The van der Waals surface area contributed by atoms with E-state index in [0.29, 0.717) is 0 Å². The molecule has 0 N–H and O–H groups in total. The van der Waals surface area contributed by atoms with E-state index in [2.05, 4.69) is 9.97 Å². The van der Waals surface area contributed by atoms with Gasteiger partial charge in [0, 0.05) is 0 Å². The van der Waals surface area contributed by atoms with Gasteiger partial charge in [-0.05, 0) is 0 Å². The van der Waals surface area contributed by atoms with E-state index >= 15 is 0 Å². The van der Waals surface area contributed by atoms with E-state index < -0.39 is 4.84 Å². The molecule has 0 atom stereocenters. The Balaban J connectivity index is 3.05. The Morgan fingerprint density at radius 2 is 1.91 bits per heavy atom. The van der Waals surface area contributed by atoms with Gasteiger partial charge in [-0.1, -0.05) is 46.4 Å². The first-order valence-corrected chi connectivity index (χ1v) is 4.20. The molecule has 0 aliphatic carbocycles. The molecule has 1 aromatic rings. The molecule has 11 heavy (non-hydrogen) atoms. The first-order valence-electron chi connectivity index (χ1n) is 2.57. The molecule has 0 aliphatic heterocycles. The van der Waals surface area contributed by atoms with E-state index in [1.807, 2.05) is 0 Å². The highest BCUT2D eigenvalue weighted by molar-refractivity contribution is 6.44. The van der Waals surface area contributed by atoms with Crippen LogP contribution in [0.1, 0.15) is 10.7 Å². The standard InChI is InChI=1S/C5H2Cl4N2/c6-2-1-10-5(3(7)8)11-4(2)9/h1,3H. The molecule has 0 aliphatic rings. The lowest BCUT2D eigenvalue weighted by Crippen LogP contribution is -1.93. The molecule has 0 spiro atoms. The zero-order chi connectivity index (χ0) is 8.43. The van der Waals surface area contributed by atoms with Crippen molar-refractivity contribution < 1.29 is 0 Å². The Hall–Kier alpha value is 0.240. The van der Waals surface area contributed by atoms with Crippen molar-refractivity contribution in [1.29, 1.82) is 0 Å². The lowest BCUT2D eigenvalue weighted by molar-refractivity contribution is 1.01. The van der Waals surface area contributed by atoms with Crippen molar-refractivity contribution in [3.63, 3.8) is 0 Å². The third-order valence-corrected chi connectivity index (χ3v) is 1.97. The summed E-state index contributed by atoms with van der Waals surface area (Å²) in [6, 6.07) is 0. The van der Waals surface area contributed by atoms with Crippen LogP contribution in [0.4, 0.5) is 0 Å². The zero-order valence-electron chi connectivity index (χ0n) is 5.06. The molecule has 6 heteroatoms. The number of nitrogens with zero attached hydrogens (tertiary/aromatic N) is 2. The summed E-state index contributed by atoms with van der Waals surface area (Å²) in [7, 11) is 0. The van der Waals surface area contributed by atoms with Crippen LogP contribution >= 0.6 is 46.4 Å². The summed E-state index contributed by atoms with van der Waals surface area (Å²) >= 11 is 22.0. The van der Waals surface area contributed by atoms with E-state index in [-0.39, 0.29) is 16.0 Å². The molecule has 0 aromatic carbocycles. The maximum atomic E-state index is 5.56. The maximum Gasteiger partial charge on any atom is 0.167 e. The average molecular weight is 232 g/mol. The van der Waals surface area contributed by atoms with Gasteiger partial charge in [-0.15, -0.1) is 0 Å². The van der Waals surface area contributed by atoms with Crippen molar-refractivity contribution in [2.24, 2.45) is 0 Å². The van der Waals surface area contributed by atoms with E-state index in [9.17, 15) is 0 Å². The van der Waals surface area contributed by atoms with Crippen LogP contribution in [0, 0.1) is 0 Å². The van der Waals surface area contributed by atoms with Gasteiger partial charge in [0.1, 0.15) is 0 Å². The summed E-state index contributed by atoms with van der Waals surface area (Å²) in [4.78, 5) is 6.70. The Morgan fingerprint density at radius 3 is 2.36 bits per heavy atom. The fraction of sp³-hybridized carbons (Fsp3) is 0.200. The molecule has 0 radical (unpaired) electrons. The first kappa shape index (κ1) is 9.33. The number of hydrogen-bond donors (Lipinski definition) is 0. The molecule has 1 rings (SSSR count). The SMILES string of the molecule is Clc1cnc(C(Cl)Cl)nc1Cl. The van der Waals surface area contributed by atoms with Crippen molar-refractivity contribution in [2.75, 3.05) is 0 Å². The zero-order valence-corrected chi connectivity index (χ0v) is 8.08. The third kappa shape index (κ3) is 2.34. The molecule has 0 amide bonds. The van der Waals surface area contributed by atoms with Crippen LogP contribution in [0.25, 0.3) is 0 Å². The largest absolute Gasteiger partial charge is 0.237 e. The number of aromatic nitrogens is 2. The van der Waals surface area contributed by atoms with Crippen LogP contribution in [-0.4, -0.2) is 9.97 Å². The number of halogens is 4. The van der Waals surface area contributed by atoms with Gasteiger partial charge in [0.25, 0.3) is 0 Å². The number of hydrogen-bond acceptors (Lipinski definition) is 2. The fourth-order valence-electron chi connectivity index (χ4n) is 0.464. The van der Waals surface area contributed by atoms with Gasteiger partial charge in [-0.3, -0.25) is 0 Å². The summed E-state index contributed by atoms with van der Waals surface area (Å²) in [5.41, 5.74) is 0. The van der Waals surface area contributed by atoms with Gasteiger partial charge in [0.2, 0.25) is 0 Å². The van der Waals surface area contributed by atoms with Crippen LogP contribution < -0.4 is 0 Å². The monoisotopic (exact) mass is 230 g/mol. The molecule has 60 valence electrons. The van der Waals surface area contributed by atoms with Crippen molar-refractivity contribution in [1.82, 2.24) is 9.97 Å². The molecule has 0 unspecified atom stereocenters. The normalized spacial score (nSPS) is 10.6. The molecule has 2 nitrogen and oxygen atoms in total. The van der Waals surface area contributed by atoms with Crippen LogP contribution in [0.15, 0.2) is 6.20 Å². The van der Waals surface area contributed by atoms with Crippen molar-refractivity contribution in [3.8, 4) is 0 Å². The second-order valence-electron chi connectivity index (χ2n) is 1.67. The Labute approximate surface area is 83.4 Å². The van der Waals surface area contributed by atoms with Gasteiger partial charge in [0.05, 0.1) is 11.2 Å². The summed E-state index contributed by atoms with van der Waals surface area (Å²) < 4.78 is 0. The summed E-state index contributed by atoms with van der Waals surface area (Å²) in [5.74, 6) is 0.253. The van der Waals surface area contributed by atoms with E-state index in [4.69, 9.17) is 46.4 Å². The van der Waals surface area contributed by atoms with Crippen LogP contribution in [0.3, 0.4) is 0 Å². The lowest BCUT2D eigenvalue weighted by Gasteiger charge is -1.99. The minimum atomic E-state index is -0.773. The lowest BCUT2D eigenvalue weighted by atomic mass is 10.6. The van der Waals surface area contributed by atoms with Crippen molar-refractivity contribution in [3.05, 3.63) is 22.2 Å². The highest BCUT2D eigenvalue weighted by atomic mass is 35.5. The highest BCUT2D eigenvalue weighted by Gasteiger charge is 2.08. The van der Waals surface area contributed by atoms with Gasteiger partial charge in [-0.2, -0.15) is 0 Å². The Bertz CT molecular complexity index is 263. The number of rotatable bonds is 1. The topological polar surface area (TPSA) is 25.8 Å². The second-order valence-corrected chi connectivity index (χ2v) is 3.53. The summed E-state index contributed by atoms with van der Waals surface area (Å²) in [6.45, 7) is 0. The van der Waals surface area contributed by atoms with Gasteiger partial charge in [-0.25, -0.2) is 9.97 Å². The summed E-state index contributed by atoms with van der Waals surface area (Å²) in [6.07, 6.45) is 1.35. The molecule has 0 saturated carbocycles. The molecule has 1 heterocycles.